The Hall–Kier alpha value is -2.93. The number of alkyl halides is 2. The molecule has 0 bridgehead atoms. The topological polar surface area (TPSA) is 108 Å². The first-order valence-electron chi connectivity index (χ1n) is 9.02. The molecule has 3 heterocycles. The summed E-state index contributed by atoms with van der Waals surface area (Å²) in [6, 6.07) is 7.55. The first-order chi connectivity index (χ1) is 15.0. The molecule has 1 N–H and O–H groups in total. The number of ether oxygens (including phenoxy) is 1. The van der Waals surface area contributed by atoms with Gasteiger partial charge in [-0.25, -0.2) is 13.8 Å². The van der Waals surface area contributed by atoms with Crippen molar-refractivity contribution in [3.63, 3.8) is 0 Å². The molecule has 162 valence electrons. The Labute approximate surface area is 184 Å². The highest BCUT2D eigenvalue weighted by Gasteiger charge is 2.23. The highest BCUT2D eigenvalue weighted by Crippen LogP contribution is 2.31. The van der Waals surface area contributed by atoms with Crippen LogP contribution in [0, 0.1) is 0 Å². The lowest BCUT2D eigenvalue weighted by molar-refractivity contribution is 0.145. The van der Waals surface area contributed by atoms with E-state index in [-0.39, 0.29) is 17.1 Å². The van der Waals surface area contributed by atoms with Gasteiger partial charge in [0.05, 0.1) is 18.2 Å². The average Bonchev–Trinajstić information content (AvgIpc) is 3.50. The van der Waals surface area contributed by atoms with Crippen LogP contribution < -0.4 is 4.74 Å². The van der Waals surface area contributed by atoms with Gasteiger partial charge in [-0.3, -0.25) is 9.78 Å². The van der Waals surface area contributed by atoms with E-state index in [9.17, 15) is 8.78 Å². The van der Waals surface area contributed by atoms with Gasteiger partial charge in [0, 0.05) is 24.8 Å². The minimum atomic E-state index is -2.72. The predicted octanol–water partition coefficient (Wildman–Crippen LogP) is 4.09. The second-order valence-corrected chi connectivity index (χ2v) is 8.25. The fourth-order valence-corrected chi connectivity index (χ4v) is 4.27. The Bertz CT molecular complexity index is 1160. The van der Waals surface area contributed by atoms with Crippen molar-refractivity contribution >= 4 is 23.5 Å². The number of nitrogens with one attached hydrogen (secondary N) is 1. The Morgan fingerprint density at radius 1 is 1.16 bits per heavy atom. The summed E-state index contributed by atoms with van der Waals surface area (Å²) in [7, 11) is 3.16. The number of H-pyrrole nitrogens is 1. The summed E-state index contributed by atoms with van der Waals surface area (Å²) in [6.45, 7) is 0. The first kappa shape index (κ1) is 21.3. The molecule has 0 saturated heterocycles. The van der Waals surface area contributed by atoms with Gasteiger partial charge in [0.25, 0.3) is 17.5 Å². The maximum atomic E-state index is 13.1. The van der Waals surface area contributed by atoms with Crippen LogP contribution in [0.2, 0.25) is 0 Å². The molecule has 3 aromatic heterocycles. The van der Waals surface area contributed by atoms with Crippen LogP contribution >= 0.6 is 23.5 Å². The molecule has 9 nitrogen and oxygen atoms in total. The summed E-state index contributed by atoms with van der Waals surface area (Å²) >= 11 is 2.79. The smallest absolute Gasteiger partial charge is 0.282 e. The van der Waals surface area contributed by atoms with Crippen LogP contribution in [0.15, 0.2) is 45.3 Å². The van der Waals surface area contributed by atoms with E-state index in [0.29, 0.717) is 33.5 Å². The SMILES string of the molecule is COc1ccccc1-c1nc(SCCSc2nnc(-c3cn(C)nc3C(F)F)o2)n[nH]1. The summed E-state index contributed by atoms with van der Waals surface area (Å²) in [5.41, 5.74) is 0.584. The first-order valence-corrected chi connectivity index (χ1v) is 11.0. The Morgan fingerprint density at radius 2 is 1.97 bits per heavy atom. The van der Waals surface area contributed by atoms with Crippen molar-refractivity contribution in [3.05, 3.63) is 36.2 Å². The molecule has 31 heavy (non-hydrogen) atoms. The number of para-hydroxylation sites is 1. The van der Waals surface area contributed by atoms with Crippen LogP contribution in [0.4, 0.5) is 8.78 Å². The van der Waals surface area contributed by atoms with E-state index in [4.69, 9.17) is 9.15 Å². The molecule has 0 spiro atoms. The number of aromatic nitrogens is 7. The Kier molecular flexibility index (Phi) is 6.51. The van der Waals surface area contributed by atoms with Crippen molar-refractivity contribution in [1.29, 1.82) is 0 Å². The van der Waals surface area contributed by atoms with E-state index in [1.165, 1.54) is 34.4 Å². The van der Waals surface area contributed by atoms with Crippen molar-refractivity contribution in [2.75, 3.05) is 18.6 Å². The molecule has 0 saturated carbocycles. The molecule has 0 fully saturated rings. The lowest BCUT2D eigenvalue weighted by atomic mass is 10.2. The van der Waals surface area contributed by atoms with E-state index in [1.807, 2.05) is 24.3 Å². The molecule has 4 aromatic rings. The number of hydrogen-bond donors (Lipinski definition) is 1. The Balaban J connectivity index is 1.32. The molecule has 0 aliphatic carbocycles. The number of aryl methyl sites for hydroxylation is 1. The second kappa shape index (κ2) is 9.47. The maximum Gasteiger partial charge on any atom is 0.282 e. The average molecular weight is 466 g/mol. The van der Waals surface area contributed by atoms with E-state index in [1.54, 1.807) is 14.2 Å². The zero-order valence-electron chi connectivity index (χ0n) is 16.5. The molecule has 13 heteroatoms. The number of nitrogens with zero attached hydrogens (tertiary/aromatic N) is 6. The van der Waals surface area contributed by atoms with Crippen LogP contribution in [-0.2, 0) is 7.05 Å². The van der Waals surface area contributed by atoms with E-state index in [2.05, 4.69) is 30.5 Å². The Morgan fingerprint density at radius 3 is 2.77 bits per heavy atom. The van der Waals surface area contributed by atoms with Gasteiger partial charge in [-0.15, -0.1) is 15.3 Å². The maximum absolute atomic E-state index is 13.1. The zero-order chi connectivity index (χ0) is 21.8. The molecule has 0 aliphatic heterocycles. The minimum Gasteiger partial charge on any atom is -0.496 e. The van der Waals surface area contributed by atoms with Crippen LogP contribution in [0.3, 0.4) is 0 Å². The number of rotatable bonds is 9. The molecular weight excluding hydrogens is 448 g/mol. The number of aromatic amines is 1. The minimum absolute atomic E-state index is 0.0222. The third kappa shape index (κ3) is 4.88. The fourth-order valence-electron chi connectivity index (χ4n) is 2.74. The standard InChI is InChI=1S/C18H17F2N7O2S2/c1-27-9-11(13(26-27)14(19)20)16-23-25-18(29-16)31-8-7-30-17-21-15(22-24-17)10-5-3-4-6-12(10)28-2/h3-6,9,14H,7-8H2,1-2H3,(H,21,22,24). The van der Waals surface area contributed by atoms with Crippen LogP contribution in [0.1, 0.15) is 12.1 Å². The molecule has 0 atom stereocenters. The third-order valence-corrected chi connectivity index (χ3v) is 6.00. The zero-order valence-corrected chi connectivity index (χ0v) is 18.1. The summed E-state index contributed by atoms with van der Waals surface area (Å²) in [4.78, 5) is 4.48. The van der Waals surface area contributed by atoms with Crippen LogP contribution in [-0.4, -0.2) is 53.8 Å². The van der Waals surface area contributed by atoms with E-state index < -0.39 is 6.43 Å². The lowest BCUT2D eigenvalue weighted by Gasteiger charge is -2.04. The normalized spacial score (nSPS) is 11.4. The van der Waals surface area contributed by atoms with Gasteiger partial charge in [0.15, 0.2) is 5.82 Å². The van der Waals surface area contributed by atoms with E-state index >= 15 is 0 Å². The van der Waals surface area contributed by atoms with E-state index in [0.717, 1.165) is 5.56 Å². The molecule has 0 amide bonds. The number of methoxy groups -OCH3 is 1. The van der Waals surface area contributed by atoms with Gasteiger partial charge in [-0.05, 0) is 12.1 Å². The van der Waals surface area contributed by atoms with Gasteiger partial charge in [0.1, 0.15) is 11.4 Å². The van der Waals surface area contributed by atoms with Gasteiger partial charge in [-0.2, -0.15) is 5.10 Å². The highest BCUT2D eigenvalue weighted by atomic mass is 32.2. The molecular formula is C18H17F2N7O2S2. The summed E-state index contributed by atoms with van der Waals surface area (Å²) in [5, 5.41) is 19.5. The summed E-state index contributed by atoms with van der Waals surface area (Å²) < 4.78 is 38.3. The van der Waals surface area contributed by atoms with Crippen LogP contribution in [0.25, 0.3) is 22.8 Å². The predicted molar refractivity (Wildman–Crippen MR) is 111 cm³/mol. The molecule has 1 aromatic carbocycles. The van der Waals surface area contributed by atoms with Gasteiger partial charge in [0.2, 0.25) is 5.16 Å². The molecule has 0 radical (unpaired) electrons. The second-order valence-electron chi connectivity index (χ2n) is 6.14. The van der Waals surface area contributed by atoms with Gasteiger partial charge in [-0.1, -0.05) is 35.7 Å². The van der Waals surface area contributed by atoms with Crippen molar-refractivity contribution < 1.29 is 17.9 Å². The number of thioether (sulfide) groups is 2. The monoisotopic (exact) mass is 465 g/mol. The summed E-state index contributed by atoms with van der Waals surface area (Å²) in [6.07, 6.45) is -1.29. The number of halogens is 2. The number of benzene rings is 1. The van der Waals surface area contributed by atoms with Gasteiger partial charge >= 0.3 is 0 Å². The highest BCUT2D eigenvalue weighted by molar-refractivity contribution is 8.02. The van der Waals surface area contributed by atoms with Crippen molar-refractivity contribution in [1.82, 2.24) is 35.2 Å². The number of hydrogen-bond acceptors (Lipinski definition) is 9. The van der Waals surface area contributed by atoms with Crippen molar-refractivity contribution in [2.45, 2.75) is 16.8 Å². The lowest BCUT2D eigenvalue weighted by Crippen LogP contribution is -1.91. The third-order valence-electron chi connectivity index (χ3n) is 4.07. The quantitative estimate of drug-likeness (QED) is 0.289. The van der Waals surface area contributed by atoms with Crippen LogP contribution in [0.5, 0.6) is 5.75 Å². The fraction of sp³-hybridized carbons (Fsp3) is 0.278. The molecule has 0 unspecified atom stereocenters. The largest absolute Gasteiger partial charge is 0.496 e. The molecule has 4 rings (SSSR count). The van der Waals surface area contributed by atoms with Crippen molar-refractivity contribution in [3.8, 4) is 28.6 Å². The molecule has 0 aliphatic rings. The van der Waals surface area contributed by atoms with Gasteiger partial charge < -0.3 is 9.15 Å². The van der Waals surface area contributed by atoms with Crippen molar-refractivity contribution in [2.24, 2.45) is 7.05 Å². The summed E-state index contributed by atoms with van der Waals surface area (Å²) in [5.74, 6) is 2.68.